The molecule has 0 aromatic heterocycles. The van der Waals surface area contributed by atoms with E-state index in [-0.39, 0.29) is 24.8 Å². The molecule has 7 atom stereocenters. The molecule has 8 nitrogen and oxygen atoms in total. The maximum Gasteiger partial charge on any atom is 0.240 e. The highest BCUT2D eigenvalue weighted by atomic mass is 16.3. The van der Waals surface area contributed by atoms with Crippen LogP contribution in [0, 0.1) is 11.3 Å². The lowest BCUT2D eigenvalue weighted by molar-refractivity contribution is -0.157. The smallest absolute Gasteiger partial charge is 0.240 e. The number of rotatable bonds is 14. The Kier molecular flexibility index (Phi) is 10.8. The zero-order valence-corrected chi connectivity index (χ0v) is 21.0. The van der Waals surface area contributed by atoms with Gasteiger partial charge in [0.25, 0.3) is 0 Å². The van der Waals surface area contributed by atoms with Crippen LogP contribution in [0.1, 0.15) is 62.7 Å². The number of nitrogens with zero attached hydrogens (tertiary/aromatic N) is 2. The predicted octanol–water partition coefficient (Wildman–Crippen LogP) is 1.08. The van der Waals surface area contributed by atoms with E-state index in [0.29, 0.717) is 6.29 Å². The van der Waals surface area contributed by atoms with Gasteiger partial charge in [-0.15, -0.1) is 0 Å². The fourth-order valence-electron chi connectivity index (χ4n) is 4.48. The second-order valence-corrected chi connectivity index (χ2v) is 9.37. The first kappa shape index (κ1) is 27.7. The molecule has 0 aliphatic carbocycles. The molecule has 0 spiro atoms. The molecule has 0 aliphatic heterocycles. The van der Waals surface area contributed by atoms with E-state index in [0.717, 1.165) is 0 Å². The van der Waals surface area contributed by atoms with Crippen molar-refractivity contribution < 1.29 is 26.0 Å². The largest absolute Gasteiger partial charge is 0.393 e. The summed E-state index contributed by atoms with van der Waals surface area (Å²) in [6.45, 7) is 11.7. The number of Topliss-reactive ketones (excluding diaryl/α,β-unsaturated/α-hetero) is 1. The number of carbonyl (C=O) groups is 3. The molecule has 31 heavy (non-hydrogen) atoms. The van der Waals surface area contributed by atoms with Crippen molar-refractivity contribution in [1.29, 1.82) is 0 Å². The minimum Gasteiger partial charge on any atom is -0.393 e. The van der Waals surface area contributed by atoms with Crippen LogP contribution < -0.4 is 5.32 Å². The van der Waals surface area contributed by atoms with E-state index in [2.05, 4.69) is 5.32 Å². The lowest BCUT2D eigenvalue weighted by Crippen LogP contribution is -2.69. The summed E-state index contributed by atoms with van der Waals surface area (Å²) in [6, 6.07) is -1.49. The lowest BCUT2D eigenvalue weighted by Gasteiger charge is -2.51. The van der Waals surface area contributed by atoms with Gasteiger partial charge in [0.2, 0.25) is 5.91 Å². The van der Waals surface area contributed by atoms with Crippen LogP contribution in [0.15, 0.2) is 0 Å². The number of amides is 1. The van der Waals surface area contributed by atoms with Crippen LogP contribution in [-0.4, -0.2) is 95.5 Å². The second-order valence-electron chi connectivity index (χ2n) is 9.37. The molecule has 0 rings (SSSR count). The number of aliphatic hydroxyl groups is 2. The minimum atomic E-state index is -1.84. The maximum atomic E-state index is 14.0. The highest BCUT2D eigenvalue weighted by Gasteiger charge is 2.57. The summed E-state index contributed by atoms with van der Waals surface area (Å²) in [5.41, 5.74) is -3.13. The Morgan fingerprint density at radius 3 is 1.97 bits per heavy atom. The molecule has 0 bridgehead atoms. The van der Waals surface area contributed by atoms with Gasteiger partial charge in [0.15, 0.2) is 5.78 Å². The molecule has 0 aromatic rings. The number of likely N-dealkylation sites (N-methyl/N-ethyl adjacent to an activating group) is 3. The van der Waals surface area contributed by atoms with E-state index in [1.165, 1.54) is 16.8 Å². The topological polar surface area (TPSA) is 110 Å². The fraction of sp³-hybridized carbons (Fsp3) is 0.870. The number of aldehydes is 1. The van der Waals surface area contributed by atoms with Crippen molar-refractivity contribution in [2.75, 3.05) is 27.7 Å². The number of aliphatic hydroxyl groups excluding tert-OH is 2. The van der Waals surface area contributed by atoms with Crippen molar-refractivity contribution in [2.24, 2.45) is 11.3 Å². The Hall–Kier alpha value is -1.35. The van der Waals surface area contributed by atoms with Gasteiger partial charge in [-0.05, 0) is 53.6 Å². The van der Waals surface area contributed by atoms with Gasteiger partial charge in [0.1, 0.15) is 11.8 Å². The number of carbonyl (C=O) groups excluding carboxylic acids is 3. The molecule has 8 heteroatoms. The fourth-order valence-corrected chi connectivity index (χ4v) is 4.48. The molecule has 3 N–H and O–H groups in total. The van der Waals surface area contributed by atoms with Crippen molar-refractivity contribution in [3.8, 4) is 0 Å². The summed E-state index contributed by atoms with van der Waals surface area (Å²) in [5, 5.41) is 23.2. The zero-order chi connectivity index (χ0) is 25.6. The van der Waals surface area contributed by atoms with Crippen molar-refractivity contribution in [3.05, 3.63) is 0 Å². The van der Waals surface area contributed by atoms with Crippen LogP contribution in [0.3, 0.4) is 0 Å². The van der Waals surface area contributed by atoms with E-state index >= 15 is 0 Å². The van der Waals surface area contributed by atoms with E-state index < -0.39 is 47.4 Å². The van der Waals surface area contributed by atoms with E-state index in [4.69, 9.17) is 1.37 Å². The summed E-state index contributed by atoms with van der Waals surface area (Å²) >= 11 is 0. The van der Waals surface area contributed by atoms with Gasteiger partial charge in [0, 0.05) is 20.4 Å². The highest BCUT2D eigenvalue weighted by Crippen LogP contribution is 2.43. The Morgan fingerprint density at radius 2 is 1.65 bits per heavy atom. The molecule has 0 fully saturated rings. The molecular formula is C23H45N3O5. The number of ketones is 1. The van der Waals surface area contributed by atoms with Gasteiger partial charge in [0.05, 0.1) is 24.3 Å². The highest BCUT2D eigenvalue weighted by molar-refractivity contribution is 6.07. The van der Waals surface area contributed by atoms with Crippen LogP contribution in [-0.2, 0) is 14.4 Å². The first-order valence-corrected chi connectivity index (χ1v) is 11.0. The zero-order valence-electron chi connectivity index (χ0n) is 22.0. The summed E-state index contributed by atoms with van der Waals surface area (Å²) in [6.07, 6.45) is -2.08. The summed E-state index contributed by atoms with van der Waals surface area (Å²) < 4.78 is 8.54. The van der Waals surface area contributed by atoms with Crippen LogP contribution in [0.5, 0.6) is 0 Å². The van der Waals surface area contributed by atoms with Gasteiger partial charge >= 0.3 is 0 Å². The molecule has 0 aromatic carbocycles. The minimum absolute atomic E-state index is 0.00210. The van der Waals surface area contributed by atoms with Crippen molar-refractivity contribution in [1.82, 2.24) is 15.1 Å². The third kappa shape index (κ3) is 6.34. The van der Waals surface area contributed by atoms with Crippen LogP contribution in [0.4, 0.5) is 0 Å². The van der Waals surface area contributed by atoms with E-state index in [9.17, 15) is 24.6 Å². The molecule has 3 unspecified atom stereocenters. The second kappa shape index (κ2) is 12.0. The summed E-state index contributed by atoms with van der Waals surface area (Å²) in [5.74, 6) is -0.843. The molecule has 1 amide bonds. The number of β-amino-alcohol motifs (C(OH)–C–C–N with tert-alkyl or cyclic N) is 1. The standard InChI is InChI=1S/C23H45N3O5/c1-11-22(7,12-16(4)28)23(14-27,25(9)13-17(5)29)20(30)18(6)26(10)21(31)19(24-8)15(2)3/h14-19,24,28-29H,11-13H2,1-10H3/t16?,17?,18-,19-,22+,23+/m1/s1/i11D/t11?,16?,17?,18-,19-,22+,23+. The van der Waals surface area contributed by atoms with E-state index in [1.54, 1.807) is 48.7 Å². The Morgan fingerprint density at radius 1 is 1.13 bits per heavy atom. The summed E-state index contributed by atoms with van der Waals surface area (Å²) in [7, 11) is 4.76. The maximum absolute atomic E-state index is 14.0. The quantitative estimate of drug-likeness (QED) is 0.272. The van der Waals surface area contributed by atoms with Crippen molar-refractivity contribution in [2.45, 2.75) is 91.1 Å². The van der Waals surface area contributed by atoms with Gasteiger partial charge in [-0.2, -0.15) is 0 Å². The van der Waals surface area contributed by atoms with Gasteiger partial charge < -0.3 is 25.2 Å². The molecule has 0 saturated carbocycles. The monoisotopic (exact) mass is 444 g/mol. The number of hydrogen-bond donors (Lipinski definition) is 3. The lowest BCUT2D eigenvalue weighted by atomic mass is 9.62. The number of hydrogen-bond acceptors (Lipinski definition) is 7. The average molecular weight is 445 g/mol. The van der Waals surface area contributed by atoms with Crippen LogP contribution in [0.25, 0.3) is 0 Å². The first-order chi connectivity index (χ1) is 14.5. The molecule has 0 radical (unpaired) electrons. The van der Waals surface area contributed by atoms with E-state index in [1.807, 2.05) is 13.8 Å². The molecule has 182 valence electrons. The normalized spacial score (nSPS) is 21.3. The predicted molar refractivity (Wildman–Crippen MR) is 123 cm³/mol. The van der Waals surface area contributed by atoms with Gasteiger partial charge in [-0.3, -0.25) is 14.5 Å². The third-order valence-electron chi connectivity index (χ3n) is 6.47. The SMILES string of the molecule is [2H]C(C)[C@@](C)(CC(C)O)[C@](C=O)(C(=O)[C@@H](C)N(C)C(=O)[C@H](NC)C(C)C)N(C)CC(C)O. The van der Waals surface area contributed by atoms with Crippen LogP contribution in [0.2, 0.25) is 0 Å². The average Bonchev–Trinajstić information content (AvgIpc) is 2.66. The number of nitrogens with one attached hydrogen (secondary N) is 1. The van der Waals surface area contributed by atoms with Gasteiger partial charge in [-0.1, -0.05) is 27.7 Å². The Balaban J connectivity index is 6.67. The van der Waals surface area contributed by atoms with Crippen molar-refractivity contribution >= 4 is 18.0 Å². The Labute approximate surface area is 189 Å². The van der Waals surface area contributed by atoms with Crippen LogP contribution >= 0.6 is 0 Å². The first-order valence-electron chi connectivity index (χ1n) is 11.6. The molecule has 0 saturated heterocycles. The third-order valence-corrected chi connectivity index (χ3v) is 6.47. The van der Waals surface area contributed by atoms with Gasteiger partial charge in [-0.25, -0.2) is 0 Å². The molecule has 0 aliphatic rings. The molecule has 0 heterocycles. The molecular weight excluding hydrogens is 398 g/mol. The Bertz CT molecular complexity index is 643. The summed E-state index contributed by atoms with van der Waals surface area (Å²) in [4.78, 5) is 42.7. The van der Waals surface area contributed by atoms with Crippen molar-refractivity contribution in [3.63, 3.8) is 0 Å².